The van der Waals surface area contributed by atoms with E-state index < -0.39 is 0 Å². The fraction of sp³-hybridized carbons (Fsp3) is 0. The first kappa shape index (κ1) is 13.6. The molecule has 0 saturated carbocycles. The molecule has 0 amide bonds. The number of hydrogen-bond donors (Lipinski definition) is 2. The quantitative estimate of drug-likeness (QED) is 0.668. The van der Waals surface area contributed by atoms with Crippen LogP contribution in [0, 0.1) is 0 Å². The molecule has 0 fully saturated rings. The summed E-state index contributed by atoms with van der Waals surface area (Å²) >= 11 is 19.1. The molecule has 1 aromatic carbocycles. The Hall–Kier alpha value is -1.41. The Kier molecular flexibility index (Phi) is 3.51. The number of nitrogens with two attached hydrogens (primary N) is 1. The van der Waals surface area contributed by atoms with E-state index in [0.29, 0.717) is 32.9 Å². The molecule has 0 bridgehead atoms. The Balaban J connectivity index is 2.08. The van der Waals surface area contributed by atoms with E-state index >= 15 is 0 Å². The third-order valence-corrected chi connectivity index (χ3v) is 3.72. The molecule has 3 rings (SSSR count). The summed E-state index contributed by atoms with van der Waals surface area (Å²) in [4.78, 5) is 7.80. The maximum atomic E-state index is 6.18. The number of hydrogen-bond acceptors (Lipinski definition) is 6. The van der Waals surface area contributed by atoms with Gasteiger partial charge in [0.25, 0.3) is 0 Å². The van der Waals surface area contributed by atoms with Crippen LogP contribution in [0.1, 0.15) is 0 Å². The van der Waals surface area contributed by atoms with E-state index in [0.717, 1.165) is 11.4 Å². The highest BCUT2D eigenvalue weighted by Crippen LogP contribution is 2.48. The van der Waals surface area contributed by atoms with Crippen LogP contribution in [-0.4, -0.2) is 9.97 Å². The van der Waals surface area contributed by atoms with E-state index in [1.165, 1.54) is 6.07 Å². The van der Waals surface area contributed by atoms with Gasteiger partial charge in [-0.3, -0.25) is 0 Å². The van der Waals surface area contributed by atoms with Gasteiger partial charge < -0.3 is 11.1 Å². The van der Waals surface area contributed by atoms with E-state index in [2.05, 4.69) is 24.0 Å². The van der Waals surface area contributed by atoms with E-state index in [4.69, 9.17) is 40.5 Å². The number of nitrogens with one attached hydrogen (secondary N) is 1. The van der Waals surface area contributed by atoms with Gasteiger partial charge in [0.1, 0.15) is 22.3 Å². The van der Waals surface area contributed by atoms with Crippen LogP contribution in [0.3, 0.4) is 0 Å². The molecule has 0 saturated heterocycles. The molecular weight excluding hydrogens is 343 g/mol. The maximum absolute atomic E-state index is 6.18. The van der Waals surface area contributed by atoms with Crippen molar-refractivity contribution in [3.8, 4) is 0 Å². The van der Waals surface area contributed by atoms with Crippen molar-refractivity contribution in [2.45, 2.75) is 0 Å². The lowest BCUT2D eigenvalue weighted by Crippen LogP contribution is -2.00. The number of rotatable bonds is 2. The molecule has 6 nitrogen and oxygen atoms in total. The Morgan fingerprint density at radius 1 is 1.00 bits per heavy atom. The molecule has 0 radical (unpaired) electrons. The highest BCUT2D eigenvalue weighted by atomic mass is 35.5. The second kappa shape index (κ2) is 5.17. The molecule has 0 spiro atoms. The SMILES string of the molecule is Nc1nc(Cl)cc(Nc2c(Cl)cc(Cl)c3c2N=S=N3)n1. The summed E-state index contributed by atoms with van der Waals surface area (Å²) in [6, 6.07) is 3.11. The molecule has 3 N–H and O–H groups in total. The second-order valence-corrected chi connectivity index (χ2v) is 5.47. The summed E-state index contributed by atoms with van der Waals surface area (Å²) in [5, 5.41) is 4.06. The van der Waals surface area contributed by atoms with Gasteiger partial charge in [-0.05, 0) is 6.07 Å². The first-order valence-corrected chi connectivity index (χ1v) is 7.08. The highest BCUT2D eigenvalue weighted by molar-refractivity contribution is 7.58. The van der Waals surface area contributed by atoms with Crippen LogP contribution >= 0.6 is 34.8 Å². The first-order valence-electron chi connectivity index (χ1n) is 5.22. The number of nitrogens with zero attached hydrogens (tertiary/aromatic N) is 4. The molecule has 2 aromatic rings. The largest absolute Gasteiger partial charge is 0.368 e. The van der Waals surface area contributed by atoms with Crippen molar-refractivity contribution < 1.29 is 0 Å². The summed E-state index contributed by atoms with van der Waals surface area (Å²) in [7, 11) is 0. The van der Waals surface area contributed by atoms with Crippen molar-refractivity contribution in [1.82, 2.24) is 9.97 Å². The third-order valence-electron chi connectivity index (χ3n) is 2.41. The van der Waals surface area contributed by atoms with Gasteiger partial charge in [-0.2, -0.15) is 13.7 Å². The van der Waals surface area contributed by atoms with Crippen LogP contribution < -0.4 is 11.1 Å². The summed E-state index contributed by atoms with van der Waals surface area (Å²) < 4.78 is 8.29. The number of fused-ring (bicyclic) bond motifs is 1. The Morgan fingerprint density at radius 2 is 1.75 bits per heavy atom. The van der Waals surface area contributed by atoms with Crippen LogP contribution in [0.25, 0.3) is 0 Å². The van der Waals surface area contributed by atoms with E-state index in [1.54, 1.807) is 6.07 Å². The number of halogens is 3. The number of anilines is 3. The highest BCUT2D eigenvalue weighted by Gasteiger charge is 2.19. The molecule has 0 aliphatic carbocycles. The summed E-state index contributed by atoms with van der Waals surface area (Å²) in [6.07, 6.45) is 0. The van der Waals surface area contributed by atoms with Gasteiger partial charge in [0.15, 0.2) is 0 Å². The molecule has 2 heterocycles. The van der Waals surface area contributed by atoms with Gasteiger partial charge in [0.05, 0.1) is 27.1 Å². The Morgan fingerprint density at radius 3 is 2.50 bits per heavy atom. The molecular formula is C10H5Cl3N6S. The van der Waals surface area contributed by atoms with Gasteiger partial charge in [-0.1, -0.05) is 34.8 Å². The number of aromatic nitrogens is 2. The molecule has 10 heteroatoms. The monoisotopic (exact) mass is 346 g/mol. The van der Waals surface area contributed by atoms with Gasteiger partial charge in [0, 0.05) is 6.07 Å². The lowest BCUT2D eigenvalue weighted by molar-refractivity contribution is 1.18. The Labute approximate surface area is 132 Å². The minimum absolute atomic E-state index is 0.0535. The zero-order valence-electron chi connectivity index (χ0n) is 9.56. The van der Waals surface area contributed by atoms with Crippen LogP contribution in [0.15, 0.2) is 20.9 Å². The zero-order valence-corrected chi connectivity index (χ0v) is 12.6. The summed E-state index contributed by atoms with van der Waals surface area (Å²) in [6.45, 7) is 0. The smallest absolute Gasteiger partial charge is 0.223 e. The van der Waals surface area contributed by atoms with Crippen LogP contribution in [-0.2, 0) is 11.4 Å². The topological polar surface area (TPSA) is 88.5 Å². The average molecular weight is 348 g/mol. The predicted octanol–water partition coefficient (Wildman–Crippen LogP) is 4.49. The minimum atomic E-state index is 0.0535. The van der Waals surface area contributed by atoms with Crippen molar-refractivity contribution in [2.75, 3.05) is 11.1 Å². The van der Waals surface area contributed by atoms with Crippen molar-refractivity contribution in [2.24, 2.45) is 8.73 Å². The van der Waals surface area contributed by atoms with E-state index in [-0.39, 0.29) is 11.1 Å². The molecule has 1 aliphatic heterocycles. The zero-order chi connectivity index (χ0) is 14.3. The molecule has 20 heavy (non-hydrogen) atoms. The second-order valence-electron chi connectivity index (χ2n) is 3.74. The van der Waals surface area contributed by atoms with Crippen LogP contribution in [0.4, 0.5) is 28.8 Å². The van der Waals surface area contributed by atoms with Gasteiger partial charge in [-0.25, -0.2) is 4.98 Å². The van der Waals surface area contributed by atoms with E-state index in [1.807, 2.05) is 0 Å². The molecule has 1 aliphatic rings. The fourth-order valence-electron chi connectivity index (χ4n) is 1.62. The molecule has 102 valence electrons. The molecule has 1 aromatic heterocycles. The van der Waals surface area contributed by atoms with Crippen LogP contribution in [0.5, 0.6) is 0 Å². The first-order chi connectivity index (χ1) is 9.54. The van der Waals surface area contributed by atoms with Gasteiger partial charge in [0.2, 0.25) is 5.95 Å². The fourth-order valence-corrected chi connectivity index (χ4v) is 2.97. The number of benzene rings is 1. The predicted molar refractivity (Wildman–Crippen MR) is 82.7 cm³/mol. The normalized spacial score (nSPS) is 12.2. The minimum Gasteiger partial charge on any atom is -0.368 e. The van der Waals surface area contributed by atoms with Crippen molar-refractivity contribution in [3.63, 3.8) is 0 Å². The summed E-state index contributed by atoms with van der Waals surface area (Å²) in [5.41, 5.74) is 7.20. The maximum Gasteiger partial charge on any atom is 0.223 e. The lowest BCUT2D eigenvalue weighted by atomic mass is 10.2. The van der Waals surface area contributed by atoms with E-state index in [9.17, 15) is 0 Å². The molecule has 0 unspecified atom stereocenters. The lowest BCUT2D eigenvalue weighted by Gasteiger charge is -2.11. The van der Waals surface area contributed by atoms with Crippen molar-refractivity contribution in [3.05, 3.63) is 27.3 Å². The molecule has 0 atom stereocenters. The van der Waals surface area contributed by atoms with Crippen molar-refractivity contribution in [1.29, 1.82) is 0 Å². The Bertz CT molecular complexity index is 767. The standard InChI is InChI=1S/C10H5Cl3N6S/c11-3-1-4(12)8-9(19-20-18-8)7(3)16-6-2-5(13)15-10(14)17-6/h1-2H,(H3,14,15,16,17). The average Bonchev–Trinajstić information content (AvgIpc) is 2.82. The van der Waals surface area contributed by atoms with Gasteiger partial charge in [-0.15, -0.1) is 0 Å². The number of nitrogen functional groups attached to an aromatic ring is 1. The summed E-state index contributed by atoms with van der Waals surface area (Å²) in [5.74, 6) is 0.457. The third kappa shape index (κ3) is 2.45. The van der Waals surface area contributed by atoms with Crippen molar-refractivity contribution >= 4 is 75.0 Å². The van der Waals surface area contributed by atoms with Gasteiger partial charge >= 0.3 is 0 Å². The van der Waals surface area contributed by atoms with Crippen LogP contribution in [0.2, 0.25) is 15.2 Å².